The van der Waals surface area contributed by atoms with E-state index in [2.05, 4.69) is 23.0 Å². The molecule has 0 radical (unpaired) electrons. The van der Waals surface area contributed by atoms with Crippen molar-refractivity contribution < 1.29 is 0 Å². The first-order chi connectivity index (χ1) is 6.38. The predicted octanol–water partition coefficient (Wildman–Crippen LogP) is 2.65. The largest absolute Gasteiger partial charge is 0.372 e. The summed E-state index contributed by atoms with van der Waals surface area (Å²) in [6.07, 6.45) is 1.85. The molecule has 0 spiro atoms. The summed E-state index contributed by atoms with van der Waals surface area (Å²) in [6.45, 7) is 5.13. The molecule has 3 heteroatoms. The van der Waals surface area contributed by atoms with Gasteiger partial charge in [0.2, 0.25) is 0 Å². The molecule has 0 N–H and O–H groups in total. The number of anilines is 1. The van der Waals surface area contributed by atoms with E-state index in [9.17, 15) is 0 Å². The first-order valence-corrected chi connectivity index (χ1v) is 5.65. The van der Waals surface area contributed by atoms with Crippen LogP contribution in [0.15, 0.2) is 23.4 Å². The summed E-state index contributed by atoms with van der Waals surface area (Å²) < 4.78 is 0. The van der Waals surface area contributed by atoms with Gasteiger partial charge in [-0.2, -0.15) is 0 Å². The van der Waals surface area contributed by atoms with E-state index in [1.807, 2.05) is 37.9 Å². The summed E-state index contributed by atoms with van der Waals surface area (Å²) in [7, 11) is 2.11. The van der Waals surface area contributed by atoms with Gasteiger partial charge in [0.1, 0.15) is 5.03 Å². The van der Waals surface area contributed by atoms with Gasteiger partial charge in [-0.05, 0) is 12.1 Å². The fourth-order valence-corrected chi connectivity index (χ4v) is 2.25. The molecule has 0 unspecified atom stereocenters. The Balaban J connectivity index is 0.000000396. The van der Waals surface area contributed by atoms with Crippen molar-refractivity contribution in [1.82, 2.24) is 4.98 Å². The molecule has 0 aromatic carbocycles. The molecule has 0 aliphatic carbocycles. The molecule has 1 aliphatic heterocycles. The van der Waals surface area contributed by atoms with Crippen LogP contribution in [0, 0.1) is 0 Å². The van der Waals surface area contributed by atoms with Crippen LogP contribution in [0.25, 0.3) is 0 Å². The van der Waals surface area contributed by atoms with Gasteiger partial charge in [-0.25, -0.2) is 4.98 Å². The number of thioether (sulfide) groups is 1. The number of hydrogen-bond acceptors (Lipinski definition) is 3. The average Bonchev–Trinajstić information content (AvgIpc) is 2.22. The highest BCUT2D eigenvalue weighted by atomic mass is 32.2. The molecule has 2 nitrogen and oxygen atoms in total. The number of rotatable bonds is 0. The second-order valence-electron chi connectivity index (χ2n) is 2.60. The Morgan fingerprint density at radius 1 is 1.46 bits per heavy atom. The number of nitrogens with zero attached hydrogens (tertiary/aromatic N) is 2. The molecule has 0 fully saturated rings. The highest BCUT2D eigenvalue weighted by molar-refractivity contribution is 7.99. The highest BCUT2D eigenvalue weighted by Crippen LogP contribution is 2.30. The lowest BCUT2D eigenvalue weighted by molar-refractivity contribution is 0.914. The Morgan fingerprint density at radius 2 is 2.23 bits per heavy atom. The quantitative estimate of drug-likeness (QED) is 0.634. The summed E-state index contributed by atoms with van der Waals surface area (Å²) >= 11 is 1.84. The van der Waals surface area contributed by atoms with Crippen LogP contribution in [0.4, 0.5) is 5.69 Å². The van der Waals surface area contributed by atoms with Gasteiger partial charge < -0.3 is 4.90 Å². The fourth-order valence-electron chi connectivity index (χ4n) is 1.18. The number of aromatic nitrogens is 1. The van der Waals surface area contributed by atoms with Gasteiger partial charge in [-0.3, -0.25) is 0 Å². The Bertz CT molecular complexity index is 263. The molecule has 0 saturated carbocycles. The van der Waals surface area contributed by atoms with E-state index in [0.717, 1.165) is 12.3 Å². The summed E-state index contributed by atoms with van der Waals surface area (Å²) in [4.78, 5) is 6.54. The van der Waals surface area contributed by atoms with Crippen molar-refractivity contribution >= 4 is 17.4 Å². The van der Waals surface area contributed by atoms with Gasteiger partial charge in [0.05, 0.1) is 5.69 Å². The predicted molar refractivity (Wildman–Crippen MR) is 59.6 cm³/mol. The summed E-state index contributed by atoms with van der Waals surface area (Å²) in [5.74, 6) is 1.15. The van der Waals surface area contributed by atoms with E-state index in [1.54, 1.807) is 0 Å². The molecule has 72 valence electrons. The van der Waals surface area contributed by atoms with Crippen molar-refractivity contribution in [3.63, 3.8) is 0 Å². The van der Waals surface area contributed by atoms with Crippen molar-refractivity contribution in [2.75, 3.05) is 24.2 Å². The van der Waals surface area contributed by atoms with Crippen LogP contribution < -0.4 is 4.90 Å². The first kappa shape index (κ1) is 10.4. The van der Waals surface area contributed by atoms with Gasteiger partial charge in [0.15, 0.2) is 0 Å². The molecule has 1 aromatic rings. The van der Waals surface area contributed by atoms with Crippen LogP contribution in [0.5, 0.6) is 0 Å². The third kappa shape index (κ3) is 2.37. The molecule has 0 bridgehead atoms. The van der Waals surface area contributed by atoms with Crippen LogP contribution in [-0.4, -0.2) is 24.3 Å². The molecule has 1 aromatic heterocycles. The van der Waals surface area contributed by atoms with Crippen LogP contribution in [-0.2, 0) is 0 Å². The average molecular weight is 196 g/mol. The van der Waals surface area contributed by atoms with Crippen LogP contribution in [0.3, 0.4) is 0 Å². The summed E-state index contributed by atoms with van der Waals surface area (Å²) in [5, 5.41) is 1.17. The van der Waals surface area contributed by atoms with Gasteiger partial charge >= 0.3 is 0 Å². The van der Waals surface area contributed by atoms with E-state index >= 15 is 0 Å². The molecule has 0 saturated heterocycles. The van der Waals surface area contributed by atoms with Crippen molar-refractivity contribution in [2.24, 2.45) is 0 Å². The molecule has 2 rings (SSSR count). The molecule has 1 aliphatic rings. The summed E-state index contributed by atoms with van der Waals surface area (Å²) in [6, 6.07) is 4.11. The first-order valence-electron chi connectivity index (χ1n) is 4.67. The molecular weight excluding hydrogens is 180 g/mol. The SMILES string of the molecule is CC.CN1CCSc2ncccc21. The Labute approximate surface area is 84.4 Å². The molecule has 13 heavy (non-hydrogen) atoms. The van der Waals surface area contributed by atoms with Gasteiger partial charge in [0.25, 0.3) is 0 Å². The number of pyridine rings is 1. The molecule has 2 heterocycles. The minimum Gasteiger partial charge on any atom is -0.372 e. The van der Waals surface area contributed by atoms with Gasteiger partial charge in [0, 0.05) is 25.5 Å². The maximum absolute atomic E-state index is 4.29. The molecule has 0 atom stereocenters. The van der Waals surface area contributed by atoms with Gasteiger partial charge in [-0.15, -0.1) is 11.8 Å². The zero-order valence-corrected chi connectivity index (χ0v) is 9.27. The zero-order valence-electron chi connectivity index (χ0n) is 8.45. The minimum absolute atomic E-state index is 1.13. The maximum Gasteiger partial charge on any atom is 0.119 e. The Hall–Kier alpha value is -0.700. The number of hydrogen-bond donors (Lipinski definition) is 0. The lowest BCUT2D eigenvalue weighted by atomic mass is 10.4. The lowest BCUT2D eigenvalue weighted by Gasteiger charge is -2.25. The van der Waals surface area contributed by atoms with Crippen molar-refractivity contribution in [3.05, 3.63) is 18.3 Å². The van der Waals surface area contributed by atoms with E-state index in [0.29, 0.717) is 0 Å². The van der Waals surface area contributed by atoms with E-state index in [4.69, 9.17) is 0 Å². The van der Waals surface area contributed by atoms with Crippen LogP contribution in [0.2, 0.25) is 0 Å². The topological polar surface area (TPSA) is 16.1 Å². The monoisotopic (exact) mass is 196 g/mol. The van der Waals surface area contributed by atoms with Crippen molar-refractivity contribution in [1.29, 1.82) is 0 Å². The van der Waals surface area contributed by atoms with E-state index in [1.165, 1.54) is 10.7 Å². The Kier molecular flexibility index (Phi) is 4.09. The summed E-state index contributed by atoms with van der Waals surface area (Å²) in [5.41, 5.74) is 1.27. The zero-order chi connectivity index (χ0) is 9.68. The van der Waals surface area contributed by atoms with Crippen LogP contribution in [0.1, 0.15) is 13.8 Å². The maximum atomic E-state index is 4.29. The van der Waals surface area contributed by atoms with Crippen molar-refractivity contribution in [3.8, 4) is 0 Å². The smallest absolute Gasteiger partial charge is 0.119 e. The third-order valence-electron chi connectivity index (χ3n) is 1.83. The normalized spacial score (nSPS) is 14.2. The standard InChI is InChI=1S/C8H10N2S.C2H6/c1-10-5-6-11-8-7(10)3-2-4-9-8;1-2/h2-4H,5-6H2,1H3;1-2H3. The van der Waals surface area contributed by atoms with Gasteiger partial charge in [-0.1, -0.05) is 13.8 Å². The third-order valence-corrected chi connectivity index (χ3v) is 2.80. The van der Waals surface area contributed by atoms with E-state index < -0.39 is 0 Å². The second-order valence-corrected chi connectivity index (χ2v) is 3.68. The number of fused-ring (bicyclic) bond motifs is 1. The molecule has 0 amide bonds. The van der Waals surface area contributed by atoms with E-state index in [-0.39, 0.29) is 0 Å². The lowest BCUT2D eigenvalue weighted by Crippen LogP contribution is -2.24. The molecular formula is C10H16N2S. The second kappa shape index (κ2) is 5.12. The Morgan fingerprint density at radius 3 is 2.92 bits per heavy atom. The highest BCUT2D eigenvalue weighted by Gasteiger charge is 2.13. The minimum atomic E-state index is 1.13. The fraction of sp³-hybridized carbons (Fsp3) is 0.500. The van der Waals surface area contributed by atoms with Crippen LogP contribution >= 0.6 is 11.8 Å². The van der Waals surface area contributed by atoms with Crippen molar-refractivity contribution in [2.45, 2.75) is 18.9 Å².